The molecule has 42 heavy (non-hydrogen) atoms. The molecule has 0 radical (unpaired) electrons. The van der Waals surface area contributed by atoms with Gasteiger partial charge in [-0.15, -0.1) is 20.4 Å². The van der Waals surface area contributed by atoms with E-state index in [4.69, 9.17) is 0 Å². The van der Waals surface area contributed by atoms with Gasteiger partial charge in [-0.3, -0.25) is 29.5 Å². The van der Waals surface area contributed by atoms with Crippen molar-refractivity contribution in [1.82, 2.24) is 30.4 Å². The van der Waals surface area contributed by atoms with E-state index in [1.165, 1.54) is 22.7 Å². The first-order chi connectivity index (χ1) is 20.5. The van der Waals surface area contributed by atoms with Crippen molar-refractivity contribution in [3.8, 4) is 0 Å². The molecule has 0 saturated heterocycles. The fraction of sp³-hybridized carbons (Fsp3) is 0.357. The second-order valence-electron chi connectivity index (χ2n) is 10.1. The quantitative estimate of drug-likeness (QED) is 0.257. The zero-order chi connectivity index (χ0) is 28.9. The fourth-order valence-electron chi connectivity index (χ4n) is 4.95. The molecule has 4 aromatic rings. The highest BCUT2D eigenvalue weighted by Gasteiger charge is 2.29. The number of hydrogen-bond acceptors (Lipinski definition) is 12. The average molecular weight is 601 g/mol. The van der Waals surface area contributed by atoms with Gasteiger partial charge in [0.25, 0.3) is 0 Å². The summed E-state index contributed by atoms with van der Waals surface area (Å²) in [6.07, 6.45) is 7.66. The Morgan fingerprint density at radius 2 is 1.48 bits per heavy atom. The van der Waals surface area contributed by atoms with Crippen LogP contribution in [0.1, 0.15) is 76.4 Å². The van der Waals surface area contributed by atoms with Gasteiger partial charge in [0.1, 0.15) is 16.1 Å². The van der Waals surface area contributed by atoms with Gasteiger partial charge in [0.05, 0.1) is 35.6 Å². The van der Waals surface area contributed by atoms with Crippen LogP contribution in [0.5, 0.6) is 0 Å². The summed E-state index contributed by atoms with van der Waals surface area (Å²) in [5.74, 6) is 0.0635. The van der Waals surface area contributed by atoms with Gasteiger partial charge in [0.15, 0.2) is 0 Å². The van der Waals surface area contributed by atoms with Crippen molar-refractivity contribution in [2.75, 3.05) is 17.7 Å². The van der Waals surface area contributed by atoms with E-state index in [9.17, 15) is 9.59 Å². The highest BCUT2D eigenvalue weighted by atomic mass is 32.1. The summed E-state index contributed by atoms with van der Waals surface area (Å²) in [5, 5.41) is 25.7. The lowest BCUT2D eigenvalue weighted by Gasteiger charge is -2.25. The number of anilines is 2. The van der Waals surface area contributed by atoms with Gasteiger partial charge in [-0.1, -0.05) is 41.2 Å². The molecule has 0 aromatic carbocycles. The topological polar surface area (TPSA) is 160 Å². The number of aliphatic imine (C=N–C) groups is 2. The molecule has 2 amide bonds. The van der Waals surface area contributed by atoms with Crippen molar-refractivity contribution in [2.45, 2.75) is 56.4 Å². The predicted octanol–water partition coefficient (Wildman–Crippen LogP) is 4.16. The van der Waals surface area contributed by atoms with E-state index >= 15 is 0 Å². The van der Waals surface area contributed by atoms with Gasteiger partial charge in [-0.25, -0.2) is 0 Å². The largest absolute Gasteiger partial charge is 0.300 e. The maximum atomic E-state index is 12.6. The monoisotopic (exact) mass is 600 g/mol. The second-order valence-corrected chi connectivity index (χ2v) is 12.2. The first-order valence-electron chi connectivity index (χ1n) is 13.7. The molecule has 0 spiro atoms. The van der Waals surface area contributed by atoms with Gasteiger partial charge in [0, 0.05) is 31.3 Å². The third kappa shape index (κ3) is 7.12. The van der Waals surface area contributed by atoms with E-state index in [-0.39, 0.29) is 42.5 Å². The maximum absolute atomic E-state index is 12.6. The van der Waals surface area contributed by atoms with Crippen LogP contribution in [0.3, 0.4) is 0 Å². The van der Waals surface area contributed by atoms with Crippen LogP contribution in [0, 0.1) is 0 Å². The molecule has 214 valence electrons. The molecule has 2 N–H and O–H groups in total. The van der Waals surface area contributed by atoms with Crippen LogP contribution in [0.4, 0.5) is 10.3 Å². The normalized spacial score (nSPS) is 19.6. The number of hydrogen-bond donors (Lipinski definition) is 2. The molecule has 1 aliphatic heterocycles. The number of carbonyl (C=O) groups is 2. The van der Waals surface area contributed by atoms with Gasteiger partial charge in [-0.2, -0.15) is 0 Å². The fourth-order valence-corrected chi connectivity index (χ4v) is 6.77. The minimum atomic E-state index is -0.193. The number of nitrogens with one attached hydrogen (secondary N) is 2. The Balaban J connectivity index is 1.02. The summed E-state index contributed by atoms with van der Waals surface area (Å²) in [6, 6.07) is 11.2. The summed E-state index contributed by atoms with van der Waals surface area (Å²) in [4.78, 5) is 42.3. The molecule has 1 fully saturated rings. The highest BCUT2D eigenvalue weighted by molar-refractivity contribution is 7.15. The Morgan fingerprint density at radius 1 is 0.881 bits per heavy atom. The van der Waals surface area contributed by atoms with Crippen LogP contribution in [-0.4, -0.2) is 61.7 Å². The van der Waals surface area contributed by atoms with Crippen LogP contribution in [0.25, 0.3) is 0 Å². The van der Waals surface area contributed by atoms with E-state index in [0.717, 1.165) is 41.4 Å². The zero-order valence-electron chi connectivity index (χ0n) is 22.8. The molecular formula is C28H28N10O2S2. The molecule has 1 aliphatic carbocycles. The Bertz CT molecular complexity index is 1640. The molecule has 0 bridgehead atoms. The molecule has 2 aliphatic rings. The SMILES string of the molecule is C/N=C\c1cccc(CC(=O)Nc2nnc([C@H]3CCC[C@H](c4nnc(NC(=O)Cc5cccc(C6C=N6)n5)s4)C3)s2)n1. The minimum absolute atomic E-state index is 0.0517. The maximum Gasteiger partial charge on any atom is 0.232 e. The summed E-state index contributed by atoms with van der Waals surface area (Å²) in [5.41, 5.74) is 2.92. The predicted molar refractivity (Wildman–Crippen MR) is 162 cm³/mol. The van der Waals surface area contributed by atoms with Crippen LogP contribution in [0.15, 0.2) is 46.4 Å². The third-order valence-electron chi connectivity index (χ3n) is 6.95. The lowest BCUT2D eigenvalue weighted by molar-refractivity contribution is -0.116. The van der Waals surface area contributed by atoms with Crippen LogP contribution in [-0.2, 0) is 22.4 Å². The number of amides is 2. The summed E-state index contributed by atoms with van der Waals surface area (Å²) >= 11 is 2.82. The van der Waals surface area contributed by atoms with Crippen molar-refractivity contribution in [3.63, 3.8) is 0 Å². The van der Waals surface area contributed by atoms with E-state index in [1.807, 2.05) is 42.6 Å². The van der Waals surface area contributed by atoms with Gasteiger partial charge < -0.3 is 10.6 Å². The van der Waals surface area contributed by atoms with E-state index in [1.54, 1.807) is 13.3 Å². The standard InChI is InChI=1S/C28H28N10O2S2/c1-29-14-20-9-3-7-18(31-20)12-23(39)33-27-37-35-25(41-27)16-5-2-6-17(11-16)26-36-38-28(42-26)34-24(40)13-19-8-4-10-21(32-19)22-15-30-22/h3-4,7-10,14-17,22H,2,5-6,11-13H2,1H3,(H,33,37,39)(H,34,38,40)/b29-14-/t16-,17-,22?/m0/s1. The first kappa shape index (κ1) is 27.8. The molecular weight excluding hydrogens is 573 g/mol. The van der Waals surface area contributed by atoms with Crippen molar-refractivity contribution in [3.05, 3.63) is 69.2 Å². The number of pyridine rings is 2. The molecule has 5 heterocycles. The summed E-state index contributed by atoms with van der Waals surface area (Å²) in [6.45, 7) is 0. The minimum Gasteiger partial charge on any atom is -0.300 e. The molecule has 1 unspecified atom stereocenters. The smallest absolute Gasteiger partial charge is 0.232 e. The van der Waals surface area contributed by atoms with Crippen LogP contribution >= 0.6 is 22.7 Å². The molecule has 4 aromatic heterocycles. The highest BCUT2D eigenvalue weighted by Crippen LogP contribution is 2.43. The van der Waals surface area contributed by atoms with E-state index < -0.39 is 0 Å². The number of rotatable bonds is 10. The van der Waals surface area contributed by atoms with Crippen molar-refractivity contribution in [2.24, 2.45) is 9.98 Å². The lowest BCUT2D eigenvalue weighted by atomic mass is 9.82. The third-order valence-corrected chi connectivity index (χ3v) is 8.95. The van der Waals surface area contributed by atoms with Crippen molar-refractivity contribution < 1.29 is 9.59 Å². The average Bonchev–Trinajstić information content (AvgIpc) is 3.57. The van der Waals surface area contributed by atoms with Crippen molar-refractivity contribution >= 4 is 57.2 Å². The molecule has 6 rings (SSSR count). The number of nitrogens with zero attached hydrogens (tertiary/aromatic N) is 8. The zero-order valence-corrected chi connectivity index (χ0v) is 24.4. The molecule has 14 heteroatoms. The first-order valence-corrected chi connectivity index (χ1v) is 15.3. The second kappa shape index (κ2) is 12.7. The van der Waals surface area contributed by atoms with Gasteiger partial charge in [-0.05, 0) is 43.5 Å². The summed E-state index contributed by atoms with van der Waals surface area (Å²) < 4.78 is 0. The van der Waals surface area contributed by atoms with E-state index in [0.29, 0.717) is 27.3 Å². The van der Waals surface area contributed by atoms with E-state index in [2.05, 4.69) is 51.0 Å². The Morgan fingerprint density at radius 3 is 2.07 bits per heavy atom. The van der Waals surface area contributed by atoms with Crippen LogP contribution in [0.2, 0.25) is 0 Å². The Labute approximate surface area is 249 Å². The lowest BCUT2D eigenvalue weighted by Crippen LogP contribution is -2.15. The van der Waals surface area contributed by atoms with Gasteiger partial charge >= 0.3 is 0 Å². The number of aromatic nitrogens is 6. The molecule has 12 nitrogen and oxygen atoms in total. The Hall–Kier alpha value is -4.30. The van der Waals surface area contributed by atoms with Crippen LogP contribution < -0.4 is 10.6 Å². The molecule has 1 saturated carbocycles. The Kier molecular flexibility index (Phi) is 8.42. The van der Waals surface area contributed by atoms with Gasteiger partial charge in [0.2, 0.25) is 22.1 Å². The number of carbonyl (C=O) groups excluding carboxylic acids is 2. The molecule has 3 atom stereocenters. The summed E-state index contributed by atoms with van der Waals surface area (Å²) in [7, 11) is 1.68. The van der Waals surface area contributed by atoms with Crippen molar-refractivity contribution in [1.29, 1.82) is 0 Å².